The van der Waals surface area contributed by atoms with E-state index in [9.17, 15) is 5.11 Å². The topological polar surface area (TPSA) is 85.5 Å². The predicted octanol–water partition coefficient (Wildman–Crippen LogP) is 1.73. The van der Waals surface area contributed by atoms with Gasteiger partial charge in [-0.15, -0.1) is 0 Å². The number of aromatic nitrogens is 4. The highest BCUT2D eigenvalue weighted by atomic mass is 16.5. The van der Waals surface area contributed by atoms with Crippen molar-refractivity contribution in [2.75, 3.05) is 25.7 Å². The maximum absolute atomic E-state index is 10.7. The Morgan fingerprint density at radius 3 is 2.62 bits per heavy atom. The van der Waals surface area contributed by atoms with E-state index in [-0.39, 0.29) is 0 Å². The lowest BCUT2D eigenvalue weighted by atomic mass is 9.95. The van der Waals surface area contributed by atoms with Gasteiger partial charge in [0.2, 0.25) is 0 Å². The molecule has 0 aliphatic carbocycles. The van der Waals surface area contributed by atoms with Gasteiger partial charge in [0, 0.05) is 30.1 Å². The first-order valence-electron chi connectivity index (χ1n) is 8.20. The number of anilines is 1. The minimum atomic E-state index is -0.723. The van der Waals surface area contributed by atoms with Gasteiger partial charge in [0.05, 0.1) is 33.2 Å². The fourth-order valence-electron chi connectivity index (χ4n) is 3.26. The maximum atomic E-state index is 10.7. The molecule has 1 aromatic carbocycles. The Hall–Kier alpha value is -3.13. The van der Waals surface area contributed by atoms with Crippen molar-refractivity contribution in [1.82, 2.24) is 19.7 Å². The van der Waals surface area contributed by atoms with Crippen LogP contribution in [0.2, 0.25) is 0 Å². The van der Waals surface area contributed by atoms with Crippen molar-refractivity contribution in [2.45, 2.75) is 12.6 Å². The van der Waals surface area contributed by atoms with Crippen LogP contribution in [-0.4, -0.2) is 45.6 Å². The van der Waals surface area contributed by atoms with Crippen LogP contribution in [0.3, 0.4) is 0 Å². The molecule has 1 atom stereocenters. The van der Waals surface area contributed by atoms with Gasteiger partial charge >= 0.3 is 0 Å². The molecule has 1 aliphatic heterocycles. The molecule has 0 saturated carbocycles. The number of methoxy groups -OCH3 is 2. The van der Waals surface area contributed by atoms with Gasteiger partial charge in [-0.3, -0.25) is 4.98 Å². The molecule has 0 saturated heterocycles. The Labute approximate surface area is 150 Å². The van der Waals surface area contributed by atoms with Crippen LogP contribution >= 0.6 is 0 Å². The maximum Gasteiger partial charge on any atom is 0.173 e. The van der Waals surface area contributed by atoms with Gasteiger partial charge in [-0.1, -0.05) is 0 Å². The molecule has 134 valence electrons. The smallest absolute Gasteiger partial charge is 0.173 e. The first-order valence-corrected chi connectivity index (χ1v) is 8.20. The highest BCUT2D eigenvalue weighted by molar-refractivity contribution is 5.55. The van der Waals surface area contributed by atoms with Crippen molar-refractivity contribution < 1.29 is 14.6 Å². The molecule has 1 N–H and O–H groups in total. The molecule has 8 heteroatoms. The van der Waals surface area contributed by atoms with E-state index >= 15 is 0 Å². The van der Waals surface area contributed by atoms with E-state index in [1.54, 1.807) is 37.5 Å². The molecule has 4 rings (SSSR count). The Bertz CT molecular complexity index is 913. The summed E-state index contributed by atoms with van der Waals surface area (Å²) in [6, 6.07) is 5.49. The van der Waals surface area contributed by atoms with Crippen molar-refractivity contribution in [1.29, 1.82) is 0 Å². The molecule has 26 heavy (non-hydrogen) atoms. The second kappa shape index (κ2) is 6.64. The monoisotopic (exact) mass is 353 g/mol. The lowest BCUT2D eigenvalue weighted by Crippen LogP contribution is -2.35. The van der Waals surface area contributed by atoms with E-state index in [0.29, 0.717) is 36.2 Å². The number of aliphatic hydroxyl groups excluding tert-OH is 1. The largest absolute Gasteiger partial charge is 0.496 e. The van der Waals surface area contributed by atoms with Crippen molar-refractivity contribution in [2.24, 2.45) is 0 Å². The Kier molecular flexibility index (Phi) is 4.18. The van der Waals surface area contributed by atoms with Crippen LogP contribution in [0, 0.1) is 0 Å². The zero-order valence-corrected chi connectivity index (χ0v) is 14.5. The number of fused-ring (bicyclic) bond motifs is 1. The third-order valence-electron chi connectivity index (χ3n) is 4.46. The van der Waals surface area contributed by atoms with E-state index < -0.39 is 6.10 Å². The number of benzene rings is 1. The minimum absolute atomic E-state index is 0.383. The van der Waals surface area contributed by atoms with Crippen LogP contribution in [0.1, 0.15) is 17.2 Å². The summed E-state index contributed by atoms with van der Waals surface area (Å²) in [7, 11) is 3.21. The molecule has 0 fully saturated rings. The average molecular weight is 353 g/mol. The first-order chi connectivity index (χ1) is 12.7. The van der Waals surface area contributed by atoms with Crippen LogP contribution < -0.4 is 14.4 Å². The molecule has 0 spiro atoms. The highest BCUT2D eigenvalue weighted by Crippen LogP contribution is 2.40. The predicted molar refractivity (Wildman–Crippen MR) is 94.7 cm³/mol. The Morgan fingerprint density at radius 2 is 1.88 bits per heavy atom. The van der Waals surface area contributed by atoms with Crippen molar-refractivity contribution in [3.8, 4) is 17.3 Å². The van der Waals surface area contributed by atoms with Crippen LogP contribution in [-0.2, 0) is 6.54 Å². The molecule has 3 aromatic rings. The second-order valence-corrected chi connectivity index (χ2v) is 5.94. The van der Waals surface area contributed by atoms with Crippen molar-refractivity contribution in [3.05, 3.63) is 54.1 Å². The van der Waals surface area contributed by atoms with Gasteiger partial charge in [-0.2, -0.15) is 5.10 Å². The molecule has 0 amide bonds. The summed E-state index contributed by atoms with van der Waals surface area (Å²) < 4.78 is 12.5. The van der Waals surface area contributed by atoms with E-state index in [0.717, 1.165) is 11.1 Å². The number of hydrogen-bond donors (Lipinski definition) is 1. The summed E-state index contributed by atoms with van der Waals surface area (Å²) >= 11 is 0. The lowest BCUT2D eigenvalue weighted by Gasteiger charge is -2.34. The highest BCUT2D eigenvalue weighted by Gasteiger charge is 2.30. The number of rotatable bonds is 4. The fraction of sp³-hybridized carbons (Fsp3) is 0.278. The molecule has 3 heterocycles. The molecular formula is C18H19N5O3. The molecular weight excluding hydrogens is 334 g/mol. The number of ether oxygens (including phenoxy) is 2. The zero-order chi connectivity index (χ0) is 18.1. The summed E-state index contributed by atoms with van der Waals surface area (Å²) in [5.41, 5.74) is 1.65. The molecule has 8 nitrogen and oxygen atoms in total. The third-order valence-corrected chi connectivity index (χ3v) is 4.46. The van der Waals surface area contributed by atoms with E-state index in [2.05, 4.69) is 15.1 Å². The van der Waals surface area contributed by atoms with Gasteiger partial charge < -0.3 is 19.5 Å². The quantitative estimate of drug-likeness (QED) is 0.764. The van der Waals surface area contributed by atoms with Crippen molar-refractivity contribution in [3.63, 3.8) is 0 Å². The van der Waals surface area contributed by atoms with Crippen LogP contribution in [0.15, 0.2) is 43.0 Å². The molecule has 1 aliphatic rings. The summed E-state index contributed by atoms with van der Waals surface area (Å²) in [6.45, 7) is 0.914. The number of aliphatic hydroxyl groups is 1. The first kappa shape index (κ1) is 16.3. The second-order valence-electron chi connectivity index (χ2n) is 5.94. The van der Waals surface area contributed by atoms with Gasteiger partial charge in [-0.05, 0) is 18.2 Å². The van der Waals surface area contributed by atoms with Gasteiger partial charge in [-0.25, -0.2) is 9.67 Å². The zero-order valence-electron chi connectivity index (χ0n) is 14.5. The molecule has 2 aromatic heterocycles. The summed E-state index contributed by atoms with van der Waals surface area (Å²) in [4.78, 5) is 10.9. The SMILES string of the molecule is COc1ccc(OC)c2c1CN(c1cncc(-n3cccn3)n1)C[C@H]2O. The standard InChI is InChI=1S/C18H19N5O3/c1-25-14-4-5-15(26-2)18-12(14)10-22(11-13(18)24)16-8-19-9-17(21-16)23-7-3-6-20-23/h3-9,13,24H,10-11H2,1-2H3/t13-/m1/s1. The Morgan fingerprint density at radius 1 is 1.12 bits per heavy atom. The summed E-state index contributed by atoms with van der Waals surface area (Å²) in [6.07, 6.45) is 6.10. The fourth-order valence-corrected chi connectivity index (χ4v) is 3.26. The number of hydrogen-bond acceptors (Lipinski definition) is 7. The average Bonchev–Trinajstić information content (AvgIpc) is 3.22. The minimum Gasteiger partial charge on any atom is -0.496 e. The summed E-state index contributed by atoms with van der Waals surface area (Å²) in [5.74, 6) is 2.64. The normalized spacial score (nSPS) is 16.3. The third kappa shape index (κ3) is 2.74. The Balaban J connectivity index is 1.73. The number of nitrogens with zero attached hydrogens (tertiary/aromatic N) is 5. The molecule has 0 bridgehead atoms. The van der Waals surface area contributed by atoms with Crippen LogP contribution in [0.5, 0.6) is 11.5 Å². The lowest BCUT2D eigenvalue weighted by molar-refractivity contribution is 0.169. The van der Waals surface area contributed by atoms with Gasteiger partial charge in [0.1, 0.15) is 23.4 Å². The van der Waals surface area contributed by atoms with Gasteiger partial charge in [0.25, 0.3) is 0 Å². The summed E-state index contributed by atoms with van der Waals surface area (Å²) in [5, 5.41) is 14.9. The van der Waals surface area contributed by atoms with Crippen molar-refractivity contribution >= 4 is 5.82 Å². The molecule has 0 radical (unpaired) electrons. The van der Waals surface area contributed by atoms with Gasteiger partial charge in [0.15, 0.2) is 5.82 Å². The number of β-amino-alcohol motifs (C(OH)–C–C–N with tert-alkyl or cyclic N) is 1. The van der Waals surface area contributed by atoms with E-state index in [4.69, 9.17) is 9.47 Å². The molecule has 0 unspecified atom stereocenters. The van der Waals surface area contributed by atoms with E-state index in [1.807, 2.05) is 29.3 Å². The van der Waals surface area contributed by atoms with E-state index in [1.165, 1.54) is 0 Å². The van der Waals surface area contributed by atoms with Crippen LogP contribution in [0.25, 0.3) is 5.82 Å². The van der Waals surface area contributed by atoms with Crippen LogP contribution in [0.4, 0.5) is 5.82 Å².